The van der Waals surface area contributed by atoms with Crippen molar-refractivity contribution in [2.45, 2.75) is 13.8 Å². The number of hydrogen-bond donors (Lipinski definition) is 0. The second kappa shape index (κ2) is 7.14. The highest BCUT2D eigenvalue weighted by Gasteiger charge is 2.21. The third kappa shape index (κ3) is 3.37. The predicted molar refractivity (Wildman–Crippen MR) is 83.7 cm³/mol. The first-order chi connectivity index (χ1) is 10.2. The van der Waals surface area contributed by atoms with E-state index in [1.165, 1.54) is 0 Å². The molecule has 2 aromatic rings. The molecule has 0 spiro atoms. The number of ether oxygens (including phenoxy) is 2. The quantitative estimate of drug-likeness (QED) is 0.743. The molecule has 2 rings (SSSR count). The molecule has 110 valence electrons. The Bertz CT molecular complexity index is 623. The Hall–Kier alpha value is -2.00. The van der Waals surface area contributed by atoms with Crippen LogP contribution in [0.25, 0.3) is 0 Å². The minimum Gasteiger partial charge on any atom is -0.489 e. The van der Waals surface area contributed by atoms with Gasteiger partial charge in [-0.1, -0.05) is 41.9 Å². The summed E-state index contributed by atoms with van der Waals surface area (Å²) in [5.41, 5.74) is 1.05. The molecular formula is C17H17ClO3. The molecule has 0 radical (unpaired) electrons. The molecule has 21 heavy (non-hydrogen) atoms. The molecule has 4 heteroatoms. The maximum Gasteiger partial charge on any atom is 0.196 e. The summed E-state index contributed by atoms with van der Waals surface area (Å²) in [5, 5.41) is 0.435. The van der Waals surface area contributed by atoms with Crippen LogP contribution in [0.1, 0.15) is 29.8 Å². The molecule has 0 saturated heterocycles. The largest absolute Gasteiger partial charge is 0.489 e. The van der Waals surface area contributed by atoms with Crippen LogP contribution in [-0.4, -0.2) is 19.0 Å². The van der Waals surface area contributed by atoms with E-state index in [0.29, 0.717) is 40.9 Å². The van der Waals surface area contributed by atoms with Gasteiger partial charge in [-0.25, -0.2) is 0 Å². The van der Waals surface area contributed by atoms with Crippen LogP contribution in [0.15, 0.2) is 42.5 Å². The first-order valence-corrected chi connectivity index (χ1v) is 7.24. The summed E-state index contributed by atoms with van der Waals surface area (Å²) in [6, 6.07) is 12.4. The average Bonchev–Trinajstić information content (AvgIpc) is 2.51. The molecule has 0 aromatic heterocycles. The van der Waals surface area contributed by atoms with Gasteiger partial charge >= 0.3 is 0 Å². The lowest BCUT2D eigenvalue weighted by Crippen LogP contribution is -2.08. The van der Waals surface area contributed by atoms with Gasteiger partial charge in [-0.2, -0.15) is 0 Å². The lowest BCUT2D eigenvalue weighted by molar-refractivity contribution is 0.103. The highest BCUT2D eigenvalue weighted by molar-refractivity contribution is 6.32. The molecular weight excluding hydrogens is 288 g/mol. The molecule has 0 amide bonds. The molecule has 0 saturated carbocycles. The molecule has 3 nitrogen and oxygen atoms in total. The van der Waals surface area contributed by atoms with Crippen molar-refractivity contribution in [2.75, 3.05) is 13.2 Å². The second-order valence-corrected chi connectivity index (χ2v) is 4.72. The molecule has 0 aliphatic carbocycles. The van der Waals surface area contributed by atoms with Gasteiger partial charge in [0.05, 0.1) is 23.8 Å². The molecule has 0 bridgehead atoms. The van der Waals surface area contributed by atoms with E-state index in [2.05, 4.69) is 0 Å². The smallest absolute Gasteiger partial charge is 0.196 e. The van der Waals surface area contributed by atoms with Crippen LogP contribution in [-0.2, 0) is 0 Å². The summed E-state index contributed by atoms with van der Waals surface area (Å²) in [5.74, 6) is 0.708. The lowest BCUT2D eigenvalue weighted by Gasteiger charge is -2.16. The molecule has 0 aliphatic rings. The topological polar surface area (TPSA) is 35.5 Å². The van der Waals surface area contributed by atoms with Crippen molar-refractivity contribution in [3.05, 3.63) is 58.6 Å². The Balaban J connectivity index is 2.52. The van der Waals surface area contributed by atoms with E-state index < -0.39 is 0 Å². The number of rotatable bonds is 6. The van der Waals surface area contributed by atoms with Crippen LogP contribution in [0.5, 0.6) is 11.5 Å². The predicted octanol–water partition coefficient (Wildman–Crippen LogP) is 4.37. The van der Waals surface area contributed by atoms with E-state index in [-0.39, 0.29) is 5.78 Å². The molecule has 0 heterocycles. The summed E-state index contributed by atoms with van der Waals surface area (Å²) >= 11 is 6.15. The van der Waals surface area contributed by atoms with Crippen molar-refractivity contribution in [3.63, 3.8) is 0 Å². The number of carbonyl (C=O) groups is 1. The van der Waals surface area contributed by atoms with Crippen molar-refractivity contribution in [2.24, 2.45) is 0 Å². The first kappa shape index (κ1) is 15.4. The normalized spacial score (nSPS) is 10.2. The van der Waals surface area contributed by atoms with Gasteiger partial charge in [-0.3, -0.25) is 4.79 Å². The van der Waals surface area contributed by atoms with Crippen molar-refractivity contribution < 1.29 is 14.3 Å². The van der Waals surface area contributed by atoms with E-state index in [0.717, 1.165) is 0 Å². The summed E-state index contributed by atoms with van der Waals surface area (Å²) < 4.78 is 11.2. The summed E-state index contributed by atoms with van der Waals surface area (Å²) in [4.78, 5) is 12.6. The number of hydrogen-bond acceptors (Lipinski definition) is 3. The van der Waals surface area contributed by atoms with Crippen LogP contribution < -0.4 is 9.47 Å². The zero-order chi connectivity index (χ0) is 15.2. The highest BCUT2D eigenvalue weighted by atomic mass is 35.5. The SMILES string of the molecule is CCOc1c(Cl)ccc(C(=O)c2ccccc2)c1OCC. The van der Waals surface area contributed by atoms with E-state index in [9.17, 15) is 4.79 Å². The van der Waals surface area contributed by atoms with Gasteiger partial charge in [-0.05, 0) is 26.0 Å². The number of halogens is 1. The van der Waals surface area contributed by atoms with E-state index in [4.69, 9.17) is 21.1 Å². The third-order valence-corrected chi connectivity index (χ3v) is 3.22. The maximum atomic E-state index is 12.6. The summed E-state index contributed by atoms with van der Waals surface area (Å²) in [6.45, 7) is 4.59. The fourth-order valence-electron chi connectivity index (χ4n) is 2.03. The second-order valence-electron chi connectivity index (χ2n) is 4.31. The standard InChI is InChI=1S/C17H17ClO3/c1-3-20-16-13(10-11-14(18)17(16)21-4-2)15(19)12-8-6-5-7-9-12/h5-11H,3-4H2,1-2H3. The average molecular weight is 305 g/mol. The first-order valence-electron chi connectivity index (χ1n) is 6.86. The molecule has 0 atom stereocenters. The van der Waals surface area contributed by atoms with Gasteiger partial charge in [0, 0.05) is 5.56 Å². The van der Waals surface area contributed by atoms with Gasteiger partial charge in [0.15, 0.2) is 17.3 Å². The van der Waals surface area contributed by atoms with Gasteiger partial charge in [0.25, 0.3) is 0 Å². The van der Waals surface area contributed by atoms with Crippen LogP contribution in [0.2, 0.25) is 5.02 Å². The van der Waals surface area contributed by atoms with Crippen molar-refractivity contribution in [1.29, 1.82) is 0 Å². The van der Waals surface area contributed by atoms with Crippen LogP contribution in [0.3, 0.4) is 0 Å². The van der Waals surface area contributed by atoms with Crippen LogP contribution >= 0.6 is 11.6 Å². The van der Waals surface area contributed by atoms with Gasteiger partial charge in [0.2, 0.25) is 0 Å². The monoisotopic (exact) mass is 304 g/mol. The number of benzene rings is 2. The van der Waals surface area contributed by atoms with Gasteiger partial charge < -0.3 is 9.47 Å². The lowest BCUT2D eigenvalue weighted by atomic mass is 10.0. The van der Waals surface area contributed by atoms with Crippen molar-refractivity contribution in [1.82, 2.24) is 0 Å². The van der Waals surface area contributed by atoms with E-state index in [1.54, 1.807) is 24.3 Å². The zero-order valence-corrected chi connectivity index (χ0v) is 12.8. The van der Waals surface area contributed by atoms with E-state index >= 15 is 0 Å². The molecule has 0 aliphatic heterocycles. The fourth-order valence-corrected chi connectivity index (χ4v) is 2.23. The zero-order valence-electron chi connectivity index (χ0n) is 12.1. The van der Waals surface area contributed by atoms with Crippen LogP contribution in [0, 0.1) is 0 Å². The Kier molecular flexibility index (Phi) is 5.23. The minimum absolute atomic E-state index is 0.114. The number of carbonyl (C=O) groups excluding carboxylic acids is 1. The van der Waals surface area contributed by atoms with E-state index in [1.807, 2.05) is 32.0 Å². The fraction of sp³-hybridized carbons (Fsp3) is 0.235. The highest BCUT2D eigenvalue weighted by Crippen LogP contribution is 2.39. The molecule has 2 aromatic carbocycles. The summed E-state index contributed by atoms with van der Waals surface area (Å²) in [7, 11) is 0. The maximum absolute atomic E-state index is 12.6. The van der Waals surface area contributed by atoms with Gasteiger partial charge in [-0.15, -0.1) is 0 Å². The van der Waals surface area contributed by atoms with Crippen molar-refractivity contribution in [3.8, 4) is 11.5 Å². The third-order valence-electron chi connectivity index (χ3n) is 2.92. The van der Waals surface area contributed by atoms with Crippen LogP contribution in [0.4, 0.5) is 0 Å². The van der Waals surface area contributed by atoms with Gasteiger partial charge in [0.1, 0.15) is 0 Å². The van der Waals surface area contributed by atoms with Crippen molar-refractivity contribution >= 4 is 17.4 Å². The Morgan fingerprint density at radius 1 is 0.952 bits per heavy atom. The molecule has 0 unspecified atom stereocenters. The Labute approximate surface area is 129 Å². The number of ketones is 1. The Morgan fingerprint density at radius 2 is 1.57 bits per heavy atom. The molecule has 0 N–H and O–H groups in total. The minimum atomic E-state index is -0.114. The molecule has 0 fully saturated rings. The summed E-state index contributed by atoms with van der Waals surface area (Å²) in [6.07, 6.45) is 0. The Morgan fingerprint density at radius 3 is 2.19 bits per heavy atom.